The first kappa shape index (κ1) is 21.8. The minimum atomic E-state index is 0.511. The lowest BCUT2D eigenvalue weighted by Crippen LogP contribution is -2.31. The highest BCUT2D eigenvalue weighted by Gasteiger charge is 2.21. The maximum atomic E-state index is 6.37. The number of anilines is 2. The van der Waals surface area contributed by atoms with Crippen LogP contribution in [-0.2, 0) is 6.54 Å². The van der Waals surface area contributed by atoms with Crippen molar-refractivity contribution in [1.82, 2.24) is 19.7 Å². The summed E-state index contributed by atoms with van der Waals surface area (Å²) in [6, 6.07) is 13.7. The van der Waals surface area contributed by atoms with Crippen molar-refractivity contribution in [1.29, 1.82) is 0 Å². The highest BCUT2D eigenvalue weighted by molar-refractivity contribution is 6.35. The van der Waals surface area contributed by atoms with Gasteiger partial charge in [-0.3, -0.25) is 0 Å². The molecule has 9 heteroatoms. The third-order valence-corrected chi connectivity index (χ3v) is 6.56. The molecule has 0 saturated carbocycles. The van der Waals surface area contributed by atoms with Crippen LogP contribution in [0.25, 0.3) is 11.0 Å². The predicted octanol–water partition coefficient (Wildman–Crippen LogP) is 4.91. The van der Waals surface area contributed by atoms with Gasteiger partial charge in [-0.05, 0) is 36.2 Å². The van der Waals surface area contributed by atoms with Crippen molar-refractivity contribution >= 4 is 45.7 Å². The van der Waals surface area contributed by atoms with E-state index in [0.717, 1.165) is 66.5 Å². The summed E-state index contributed by atoms with van der Waals surface area (Å²) in [7, 11) is 1.72. The summed E-state index contributed by atoms with van der Waals surface area (Å²) in [6.07, 6.45) is 4.47. The third kappa shape index (κ3) is 4.43. The SMILES string of the molecule is COc1ccccc1N1CCCN(c2ncnc3c2cnn3Cc2ccc(Cl)cc2Cl)CC1. The molecule has 1 aliphatic rings. The molecule has 3 heterocycles. The molecule has 0 atom stereocenters. The molecule has 33 heavy (non-hydrogen) atoms. The molecule has 0 radical (unpaired) electrons. The summed E-state index contributed by atoms with van der Waals surface area (Å²) in [5.74, 6) is 1.81. The van der Waals surface area contributed by atoms with Crippen molar-refractivity contribution in [3.63, 3.8) is 0 Å². The molecule has 2 aromatic heterocycles. The van der Waals surface area contributed by atoms with Crippen LogP contribution in [0.1, 0.15) is 12.0 Å². The first-order valence-corrected chi connectivity index (χ1v) is 11.6. The number of nitrogens with zero attached hydrogens (tertiary/aromatic N) is 6. The second-order valence-corrected chi connectivity index (χ2v) is 8.82. The second-order valence-electron chi connectivity index (χ2n) is 7.97. The maximum absolute atomic E-state index is 6.37. The molecule has 0 spiro atoms. The number of ether oxygens (including phenoxy) is 1. The molecule has 0 N–H and O–H groups in total. The van der Waals surface area contributed by atoms with E-state index in [1.807, 2.05) is 35.1 Å². The van der Waals surface area contributed by atoms with E-state index in [0.29, 0.717) is 16.6 Å². The van der Waals surface area contributed by atoms with Crippen molar-refractivity contribution in [3.05, 3.63) is 70.6 Å². The van der Waals surface area contributed by atoms with E-state index in [4.69, 9.17) is 27.9 Å². The van der Waals surface area contributed by atoms with Gasteiger partial charge in [0.2, 0.25) is 0 Å². The van der Waals surface area contributed by atoms with Gasteiger partial charge in [-0.25, -0.2) is 14.6 Å². The highest BCUT2D eigenvalue weighted by Crippen LogP contribution is 2.30. The Morgan fingerprint density at radius 1 is 0.970 bits per heavy atom. The van der Waals surface area contributed by atoms with E-state index in [9.17, 15) is 0 Å². The Morgan fingerprint density at radius 3 is 2.64 bits per heavy atom. The molecule has 0 amide bonds. The smallest absolute Gasteiger partial charge is 0.163 e. The first-order chi connectivity index (χ1) is 16.1. The number of hydrogen-bond acceptors (Lipinski definition) is 6. The normalized spacial score (nSPS) is 14.5. The number of fused-ring (bicyclic) bond motifs is 1. The monoisotopic (exact) mass is 482 g/mol. The van der Waals surface area contributed by atoms with Gasteiger partial charge in [-0.2, -0.15) is 5.10 Å². The van der Waals surface area contributed by atoms with E-state index in [1.165, 1.54) is 0 Å². The standard InChI is InChI=1S/C24H24Cl2N6O/c1-33-22-6-3-2-5-21(22)30-9-4-10-31(12-11-30)23-19-14-29-32(24(19)28-16-27-23)15-17-7-8-18(25)13-20(17)26/h2-3,5-8,13-14,16H,4,9-12,15H2,1H3. The van der Waals surface area contributed by atoms with Crippen molar-refractivity contribution in [3.8, 4) is 5.75 Å². The number of aromatic nitrogens is 4. The van der Waals surface area contributed by atoms with Gasteiger partial charge in [0, 0.05) is 36.2 Å². The summed E-state index contributed by atoms with van der Waals surface area (Å²) in [6.45, 7) is 4.10. The summed E-state index contributed by atoms with van der Waals surface area (Å²) in [5.41, 5.74) is 2.85. The van der Waals surface area contributed by atoms with Gasteiger partial charge < -0.3 is 14.5 Å². The van der Waals surface area contributed by atoms with Gasteiger partial charge in [0.15, 0.2) is 5.65 Å². The van der Waals surface area contributed by atoms with E-state index in [-0.39, 0.29) is 0 Å². The third-order valence-electron chi connectivity index (χ3n) is 5.97. The Balaban J connectivity index is 1.39. The fourth-order valence-electron chi connectivity index (χ4n) is 4.32. The number of halogens is 2. The minimum absolute atomic E-state index is 0.511. The number of methoxy groups -OCH3 is 1. The molecule has 1 fully saturated rings. The van der Waals surface area contributed by atoms with Crippen molar-refractivity contribution < 1.29 is 4.74 Å². The molecule has 4 aromatic rings. The summed E-state index contributed by atoms with van der Waals surface area (Å²) >= 11 is 12.4. The Morgan fingerprint density at radius 2 is 1.79 bits per heavy atom. The van der Waals surface area contributed by atoms with Gasteiger partial charge in [0.05, 0.1) is 30.9 Å². The molecule has 7 nitrogen and oxygen atoms in total. The van der Waals surface area contributed by atoms with Gasteiger partial charge in [-0.1, -0.05) is 41.4 Å². The minimum Gasteiger partial charge on any atom is -0.495 e. The molecule has 5 rings (SSSR count). The lowest BCUT2D eigenvalue weighted by molar-refractivity contribution is 0.414. The van der Waals surface area contributed by atoms with Crippen LogP contribution in [0.3, 0.4) is 0 Å². The molecule has 170 valence electrons. The topological polar surface area (TPSA) is 59.3 Å². The van der Waals surface area contributed by atoms with Crippen molar-refractivity contribution in [2.45, 2.75) is 13.0 Å². The van der Waals surface area contributed by atoms with E-state index >= 15 is 0 Å². The Labute approximate surface area is 202 Å². The van der Waals surface area contributed by atoms with Crippen LogP contribution < -0.4 is 14.5 Å². The zero-order valence-corrected chi connectivity index (χ0v) is 19.8. The van der Waals surface area contributed by atoms with Crippen LogP contribution in [0, 0.1) is 0 Å². The molecule has 2 aromatic carbocycles. The molecule has 0 bridgehead atoms. The van der Waals surface area contributed by atoms with Crippen LogP contribution in [-0.4, -0.2) is 53.0 Å². The second kappa shape index (κ2) is 9.45. The quantitative estimate of drug-likeness (QED) is 0.402. The van der Waals surface area contributed by atoms with Crippen LogP contribution >= 0.6 is 23.2 Å². The highest BCUT2D eigenvalue weighted by atomic mass is 35.5. The zero-order valence-electron chi connectivity index (χ0n) is 18.3. The molecule has 1 saturated heterocycles. The summed E-state index contributed by atoms with van der Waals surface area (Å²) < 4.78 is 7.43. The summed E-state index contributed by atoms with van der Waals surface area (Å²) in [5, 5.41) is 6.75. The predicted molar refractivity (Wildman–Crippen MR) is 133 cm³/mol. The van der Waals surface area contributed by atoms with Crippen molar-refractivity contribution in [2.75, 3.05) is 43.1 Å². The van der Waals surface area contributed by atoms with Crippen LogP contribution in [0.5, 0.6) is 5.75 Å². The van der Waals surface area contributed by atoms with Gasteiger partial charge in [-0.15, -0.1) is 0 Å². The molecular formula is C24H24Cl2N6O. The maximum Gasteiger partial charge on any atom is 0.163 e. The lowest BCUT2D eigenvalue weighted by atomic mass is 10.2. The first-order valence-electron chi connectivity index (χ1n) is 10.9. The largest absolute Gasteiger partial charge is 0.495 e. The number of hydrogen-bond donors (Lipinski definition) is 0. The molecule has 1 aliphatic heterocycles. The Bertz CT molecular complexity index is 1280. The molecule has 0 aliphatic carbocycles. The fraction of sp³-hybridized carbons (Fsp3) is 0.292. The van der Waals surface area contributed by atoms with Gasteiger partial charge in [0.25, 0.3) is 0 Å². The van der Waals surface area contributed by atoms with Gasteiger partial charge in [0.1, 0.15) is 17.9 Å². The van der Waals surface area contributed by atoms with E-state index in [2.05, 4.69) is 37.0 Å². The number of para-hydroxylation sites is 2. The number of rotatable bonds is 5. The fourth-order valence-corrected chi connectivity index (χ4v) is 4.79. The molecular weight excluding hydrogens is 459 g/mol. The van der Waals surface area contributed by atoms with Crippen molar-refractivity contribution in [2.24, 2.45) is 0 Å². The van der Waals surface area contributed by atoms with Gasteiger partial charge >= 0.3 is 0 Å². The number of benzene rings is 2. The lowest BCUT2D eigenvalue weighted by Gasteiger charge is -2.25. The molecule has 0 unspecified atom stereocenters. The Hall–Kier alpha value is -3.03. The van der Waals surface area contributed by atoms with Crippen LogP contribution in [0.4, 0.5) is 11.5 Å². The van der Waals surface area contributed by atoms with E-state index in [1.54, 1.807) is 19.5 Å². The van der Waals surface area contributed by atoms with Crippen LogP contribution in [0.2, 0.25) is 10.0 Å². The average Bonchev–Trinajstić information content (AvgIpc) is 3.08. The Kier molecular flexibility index (Phi) is 6.24. The summed E-state index contributed by atoms with van der Waals surface area (Å²) in [4.78, 5) is 13.8. The van der Waals surface area contributed by atoms with Crippen LogP contribution in [0.15, 0.2) is 55.0 Å². The zero-order chi connectivity index (χ0) is 22.8. The average molecular weight is 483 g/mol. The van der Waals surface area contributed by atoms with E-state index < -0.39 is 0 Å².